The van der Waals surface area contributed by atoms with Crippen LogP contribution in [0.4, 0.5) is 5.69 Å². The zero-order valence-electron chi connectivity index (χ0n) is 17.1. The van der Waals surface area contributed by atoms with Gasteiger partial charge in [0.05, 0.1) is 19.9 Å². The number of rotatable bonds is 8. The predicted molar refractivity (Wildman–Crippen MR) is 116 cm³/mol. The van der Waals surface area contributed by atoms with Crippen LogP contribution in [0.3, 0.4) is 0 Å². The summed E-state index contributed by atoms with van der Waals surface area (Å²) in [5.74, 6) is 1.24. The first-order valence-electron chi connectivity index (χ1n) is 9.93. The third-order valence-electron chi connectivity index (χ3n) is 5.37. The van der Waals surface area contributed by atoms with Gasteiger partial charge in [-0.1, -0.05) is 30.3 Å². The Morgan fingerprint density at radius 2 is 1.77 bits per heavy atom. The number of anilines is 1. The number of carbonyl (C=O) groups is 2. The summed E-state index contributed by atoms with van der Waals surface area (Å²) in [5.41, 5.74) is 2.60. The maximum Gasteiger partial charge on any atom is 0.258 e. The third kappa shape index (κ3) is 3.68. The molecule has 0 atom stereocenters. The Bertz CT molecular complexity index is 1100. The van der Waals surface area contributed by atoms with Gasteiger partial charge in [-0.25, -0.2) is 0 Å². The zero-order chi connectivity index (χ0) is 21.1. The fourth-order valence-corrected chi connectivity index (χ4v) is 3.88. The first-order valence-corrected chi connectivity index (χ1v) is 9.93. The van der Waals surface area contributed by atoms with Gasteiger partial charge in [-0.15, -0.1) is 0 Å². The standard InChI is InChI=1S/C24H24N2O4/c1-29-20-12-11-16(14-21(20)30-2)15-25-22(27)10-5-13-26-19-9-4-7-17-6-3-8-18(23(17)19)24(26)28/h3-4,6-9,11-12,14H,5,10,13,15H2,1-2H3,(H,25,27). The summed E-state index contributed by atoms with van der Waals surface area (Å²) in [5, 5.41) is 4.99. The summed E-state index contributed by atoms with van der Waals surface area (Å²) in [6.45, 7) is 0.920. The van der Waals surface area contributed by atoms with Gasteiger partial charge in [-0.2, -0.15) is 0 Å². The highest BCUT2D eigenvalue weighted by molar-refractivity contribution is 6.25. The van der Waals surface area contributed by atoms with E-state index < -0.39 is 0 Å². The van der Waals surface area contributed by atoms with E-state index in [4.69, 9.17) is 9.47 Å². The number of carbonyl (C=O) groups excluding carboxylic acids is 2. The lowest BCUT2D eigenvalue weighted by Crippen LogP contribution is -2.29. The Labute approximate surface area is 175 Å². The van der Waals surface area contributed by atoms with E-state index in [0.717, 1.165) is 27.6 Å². The fraction of sp³-hybridized carbons (Fsp3) is 0.250. The molecule has 4 rings (SSSR count). The van der Waals surface area contributed by atoms with Crippen molar-refractivity contribution in [3.63, 3.8) is 0 Å². The van der Waals surface area contributed by atoms with Crippen molar-refractivity contribution in [3.05, 3.63) is 65.7 Å². The number of methoxy groups -OCH3 is 2. The number of nitrogens with zero attached hydrogens (tertiary/aromatic N) is 1. The van der Waals surface area contributed by atoms with Gasteiger partial charge in [0, 0.05) is 30.5 Å². The van der Waals surface area contributed by atoms with E-state index in [2.05, 4.69) is 5.32 Å². The van der Waals surface area contributed by atoms with Crippen molar-refractivity contribution in [2.45, 2.75) is 19.4 Å². The van der Waals surface area contributed by atoms with E-state index in [9.17, 15) is 9.59 Å². The second-order valence-corrected chi connectivity index (χ2v) is 7.21. The molecule has 1 heterocycles. The molecule has 3 aromatic rings. The molecular formula is C24H24N2O4. The number of hydrogen-bond donors (Lipinski definition) is 1. The average molecular weight is 404 g/mol. The molecule has 0 radical (unpaired) electrons. The molecule has 0 spiro atoms. The monoisotopic (exact) mass is 404 g/mol. The lowest BCUT2D eigenvalue weighted by Gasteiger charge is -2.17. The molecule has 6 heteroatoms. The summed E-state index contributed by atoms with van der Waals surface area (Å²) in [6, 6.07) is 17.3. The largest absolute Gasteiger partial charge is 0.493 e. The van der Waals surface area contributed by atoms with Crippen LogP contribution in [0.25, 0.3) is 10.8 Å². The zero-order valence-corrected chi connectivity index (χ0v) is 17.1. The van der Waals surface area contributed by atoms with Gasteiger partial charge in [0.2, 0.25) is 5.91 Å². The highest BCUT2D eigenvalue weighted by atomic mass is 16.5. The highest BCUT2D eigenvalue weighted by Crippen LogP contribution is 2.37. The van der Waals surface area contributed by atoms with E-state index in [1.807, 2.05) is 54.6 Å². The topological polar surface area (TPSA) is 67.9 Å². The van der Waals surface area contributed by atoms with Crippen LogP contribution in [-0.4, -0.2) is 32.6 Å². The van der Waals surface area contributed by atoms with Crippen LogP contribution >= 0.6 is 0 Å². The van der Waals surface area contributed by atoms with Crippen molar-refractivity contribution in [1.82, 2.24) is 5.32 Å². The van der Waals surface area contributed by atoms with Gasteiger partial charge in [-0.05, 0) is 41.6 Å². The molecule has 0 bridgehead atoms. The van der Waals surface area contributed by atoms with Crippen molar-refractivity contribution >= 4 is 28.3 Å². The van der Waals surface area contributed by atoms with Crippen LogP contribution in [0.5, 0.6) is 11.5 Å². The van der Waals surface area contributed by atoms with Crippen LogP contribution in [-0.2, 0) is 11.3 Å². The summed E-state index contributed by atoms with van der Waals surface area (Å²) in [6.07, 6.45) is 0.942. The van der Waals surface area contributed by atoms with E-state index in [1.165, 1.54) is 0 Å². The summed E-state index contributed by atoms with van der Waals surface area (Å²) in [4.78, 5) is 26.8. The van der Waals surface area contributed by atoms with Crippen molar-refractivity contribution in [1.29, 1.82) is 0 Å². The third-order valence-corrected chi connectivity index (χ3v) is 5.37. The fourth-order valence-electron chi connectivity index (χ4n) is 3.88. The maximum atomic E-state index is 12.8. The first-order chi connectivity index (χ1) is 14.6. The smallest absolute Gasteiger partial charge is 0.258 e. The molecule has 0 unspecified atom stereocenters. The number of ether oxygens (including phenoxy) is 2. The lowest BCUT2D eigenvalue weighted by molar-refractivity contribution is -0.121. The quantitative estimate of drug-likeness (QED) is 0.618. The molecule has 3 aromatic carbocycles. The van der Waals surface area contributed by atoms with Crippen molar-refractivity contribution < 1.29 is 19.1 Å². The summed E-state index contributed by atoms with van der Waals surface area (Å²) in [7, 11) is 3.17. The first kappa shape index (κ1) is 19.8. The number of hydrogen-bond acceptors (Lipinski definition) is 4. The molecule has 1 aliphatic heterocycles. The minimum absolute atomic E-state index is 0.00698. The Balaban J connectivity index is 1.32. The van der Waals surface area contributed by atoms with E-state index in [-0.39, 0.29) is 11.8 Å². The second kappa shape index (κ2) is 8.45. The normalized spacial score (nSPS) is 12.3. The molecule has 154 valence electrons. The Hall–Kier alpha value is -3.54. The van der Waals surface area contributed by atoms with Crippen LogP contribution in [0, 0.1) is 0 Å². The molecule has 1 N–H and O–H groups in total. The molecule has 1 aliphatic rings. The molecule has 0 saturated heterocycles. The van der Waals surface area contributed by atoms with Gasteiger partial charge in [0.25, 0.3) is 5.91 Å². The summed E-state index contributed by atoms with van der Waals surface area (Å²) >= 11 is 0. The molecule has 2 amide bonds. The number of nitrogens with one attached hydrogen (secondary N) is 1. The van der Waals surface area contributed by atoms with E-state index in [1.54, 1.807) is 19.1 Å². The van der Waals surface area contributed by atoms with Gasteiger partial charge < -0.3 is 19.7 Å². The average Bonchev–Trinajstić information content (AvgIpc) is 3.05. The van der Waals surface area contributed by atoms with Crippen LogP contribution < -0.4 is 19.7 Å². The van der Waals surface area contributed by atoms with Crippen molar-refractivity contribution in [3.8, 4) is 11.5 Å². The molecule has 0 aromatic heterocycles. The van der Waals surface area contributed by atoms with Gasteiger partial charge in [0.15, 0.2) is 11.5 Å². The number of benzene rings is 3. The lowest BCUT2D eigenvalue weighted by atomic mass is 10.1. The van der Waals surface area contributed by atoms with E-state index in [0.29, 0.717) is 37.4 Å². The van der Waals surface area contributed by atoms with Crippen molar-refractivity contribution in [2.24, 2.45) is 0 Å². The minimum atomic E-state index is -0.0489. The predicted octanol–water partition coefficient (Wildman–Crippen LogP) is 3.91. The highest BCUT2D eigenvalue weighted by Gasteiger charge is 2.28. The maximum absolute atomic E-state index is 12.8. The van der Waals surface area contributed by atoms with Crippen LogP contribution in [0.2, 0.25) is 0 Å². The van der Waals surface area contributed by atoms with E-state index >= 15 is 0 Å². The second-order valence-electron chi connectivity index (χ2n) is 7.21. The number of amides is 2. The Morgan fingerprint density at radius 3 is 2.53 bits per heavy atom. The van der Waals surface area contributed by atoms with Gasteiger partial charge in [-0.3, -0.25) is 9.59 Å². The molecule has 0 saturated carbocycles. The van der Waals surface area contributed by atoms with Crippen molar-refractivity contribution in [2.75, 3.05) is 25.7 Å². The Kier molecular flexibility index (Phi) is 5.57. The molecule has 30 heavy (non-hydrogen) atoms. The van der Waals surface area contributed by atoms with Gasteiger partial charge >= 0.3 is 0 Å². The molecule has 0 aliphatic carbocycles. The SMILES string of the molecule is COc1ccc(CNC(=O)CCCN2C(=O)c3cccc4cccc2c34)cc1OC. The molecule has 6 nitrogen and oxygen atoms in total. The Morgan fingerprint density at radius 1 is 1.00 bits per heavy atom. The van der Waals surface area contributed by atoms with Crippen LogP contribution in [0.1, 0.15) is 28.8 Å². The molecular weight excluding hydrogens is 380 g/mol. The summed E-state index contributed by atoms with van der Waals surface area (Å²) < 4.78 is 10.5. The minimum Gasteiger partial charge on any atom is -0.493 e. The molecule has 0 fully saturated rings. The van der Waals surface area contributed by atoms with Crippen LogP contribution in [0.15, 0.2) is 54.6 Å². The van der Waals surface area contributed by atoms with Gasteiger partial charge in [0.1, 0.15) is 0 Å².